The lowest BCUT2D eigenvalue weighted by Crippen LogP contribution is -2.10. The molecule has 2 aromatic carbocycles. The normalized spacial score (nSPS) is 10.3. The molecule has 0 aliphatic carbocycles. The van der Waals surface area contributed by atoms with Crippen molar-refractivity contribution in [2.75, 3.05) is 21.3 Å². The van der Waals surface area contributed by atoms with E-state index in [0.29, 0.717) is 22.3 Å². The highest BCUT2D eigenvalue weighted by atomic mass is 16.5. The van der Waals surface area contributed by atoms with E-state index in [9.17, 15) is 14.7 Å². The summed E-state index contributed by atoms with van der Waals surface area (Å²) < 4.78 is 20.3. The molecule has 0 unspecified atom stereocenters. The number of fused-ring (bicyclic) bond motifs is 1. The van der Waals surface area contributed by atoms with Crippen LogP contribution in [-0.2, 0) is 9.53 Å². The molecule has 0 saturated heterocycles. The molecular formula is C16H16O7. The molecule has 0 saturated carbocycles. The average Bonchev–Trinajstić information content (AvgIpc) is 2.52. The van der Waals surface area contributed by atoms with Gasteiger partial charge in [0.25, 0.3) is 0 Å². The fourth-order valence-electron chi connectivity index (χ4n) is 2.25. The number of rotatable bonds is 4. The van der Waals surface area contributed by atoms with Crippen molar-refractivity contribution in [1.82, 2.24) is 0 Å². The van der Waals surface area contributed by atoms with Crippen molar-refractivity contribution >= 4 is 22.7 Å². The maximum absolute atomic E-state index is 12.0. The van der Waals surface area contributed by atoms with Gasteiger partial charge in [0.2, 0.25) is 0 Å². The maximum Gasteiger partial charge on any atom is 0.345 e. The van der Waals surface area contributed by atoms with Gasteiger partial charge in [0, 0.05) is 13.0 Å². The second-order valence-electron chi connectivity index (χ2n) is 4.61. The Morgan fingerprint density at radius 3 is 2.26 bits per heavy atom. The molecule has 7 nitrogen and oxygen atoms in total. The fraction of sp³-hybridized carbons (Fsp3) is 0.250. The van der Waals surface area contributed by atoms with E-state index in [0.717, 1.165) is 7.11 Å². The highest BCUT2D eigenvalue weighted by molar-refractivity contribution is 6.07. The smallest absolute Gasteiger partial charge is 0.345 e. The van der Waals surface area contributed by atoms with Crippen LogP contribution in [0.3, 0.4) is 0 Å². The molecule has 0 heterocycles. The predicted molar refractivity (Wildman–Crippen MR) is 81.4 cm³/mol. The summed E-state index contributed by atoms with van der Waals surface area (Å²) in [5, 5.41) is 11.0. The number of ether oxygens (including phenoxy) is 4. The third-order valence-corrected chi connectivity index (χ3v) is 3.20. The van der Waals surface area contributed by atoms with Gasteiger partial charge in [0.05, 0.1) is 26.7 Å². The van der Waals surface area contributed by atoms with Crippen LogP contribution in [0.4, 0.5) is 0 Å². The van der Waals surface area contributed by atoms with Crippen molar-refractivity contribution < 1.29 is 33.6 Å². The van der Waals surface area contributed by atoms with Crippen LogP contribution in [0.2, 0.25) is 0 Å². The molecule has 0 aliphatic heterocycles. The van der Waals surface area contributed by atoms with Crippen LogP contribution in [0.5, 0.6) is 23.0 Å². The number of phenolic OH excluding ortho intramolecular Hbond substituents is 1. The van der Waals surface area contributed by atoms with E-state index in [4.69, 9.17) is 14.2 Å². The summed E-state index contributed by atoms with van der Waals surface area (Å²) in [6.45, 7) is 1.19. The van der Waals surface area contributed by atoms with Gasteiger partial charge >= 0.3 is 11.9 Å². The largest absolute Gasteiger partial charge is 0.507 e. The SMILES string of the molecule is COC(=O)c1c(O)cc2cc(OC)cc(OC)c2c1OC(C)=O. The third kappa shape index (κ3) is 2.98. The summed E-state index contributed by atoms with van der Waals surface area (Å²) in [4.78, 5) is 23.4. The molecule has 0 aromatic heterocycles. The van der Waals surface area contributed by atoms with Gasteiger partial charge in [-0.05, 0) is 17.5 Å². The van der Waals surface area contributed by atoms with Crippen LogP contribution in [0, 0.1) is 0 Å². The van der Waals surface area contributed by atoms with Gasteiger partial charge in [-0.1, -0.05) is 0 Å². The Morgan fingerprint density at radius 2 is 1.74 bits per heavy atom. The van der Waals surface area contributed by atoms with Crippen LogP contribution in [-0.4, -0.2) is 38.4 Å². The summed E-state index contributed by atoms with van der Waals surface area (Å²) in [6.07, 6.45) is 0. The quantitative estimate of drug-likeness (QED) is 0.682. The molecule has 0 spiro atoms. The number of carbonyl (C=O) groups excluding carboxylic acids is 2. The van der Waals surface area contributed by atoms with E-state index in [-0.39, 0.29) is 17.1 Å². The van der Waals surface area contributed by atoms with E-state index in [1.54, 1.807) is 12.1 Å². The molecular weight excluding hydrogens is 304 g/mol. The first-order valence-electron chi connectivity index (χ1n) is 6.61. The predicted octanol–water partition coefficient (Wildman–Crippen LogP) is 2.27. The van der Waals surface area contributed by atoms with E-state index < -0.39 is 11.9 Å². The van der Waals surface area contributed by atoms with Crippen molar-refractivity contribution in [2.24, 2.45) is 0 Å². The van der Waals surface area contributed by atoms with Gasteiger partial charge in [-0.25, -0.2) is 4.79 Å². The molecule has 1 N–H and O–H groups in total. The Morgan fingerprint density at radius 1 is 1.04 bits per heavy atom. The Balaban J connectivity index is 2.94. The molecule has 0 bridgehead atoms. The Bertz CT molecular complexity index is 780. The number of methoxy groups -OCH3 is 3. The zero-order valence-corrected chi connectivity index (χ0v) is 13.1. The standard InChI is InChI=1S/C16H16O7/c1-8(17)23-15-13-9(5-10(20-2)7-12(13)21-3)6-11(18)14(15)16(19)22-4/h5-7,18H,1-4H3. The lowest BCUT2D eigenvalue weighted by molar-refractivity contribution is -0.131. The Hall–Kier alpha value is -2.96. The molecule has 23 heavy (non-hydrogen) atoms. The highest BCUT2D eigenvalue weighted by Gasteiger charge is 2.25. The molecule has 0 aliphatic rings. The molecule has 0 amide bonds. The Labute approximate surface area is 132 Å². The van der Waals surface area contributed by atoms with Crippen molar-refractivity contribution in [3.05, 3.63) is 23.8 Å². The van der Waals surface area contributed by atoms with E-state index >= 15 is 0 Å². The molecule has 2 rings (SSSR count). The van der Waals surface area contributed by atoms with E-state index in [2.05, 4.69) is 4.74 Å². The number of hydrogen-bond donors (Lipinski definition) is 1. The number of carbonyl (C=O) groups is 2. The zero-order chi connectivity index (χ0) is 17.1. The first kappa shape index (κ1) is 16.4. The topological polar surface area (TPSA) is 91.3 Å². The molecule has 0 radical (unpaired) electrons. The molecule has 7 heteroatoms. The van der Waals surface area contributed by atoms with Crippen molar-refractivity contribution in [3.63, 3.8) is 0 Å². The molecule has 2 aromatic rings. The van der Waals surface area contributed by atoms with Crippen molar-refractivity contribution in [3.8, 4) is 23.0 Å². The zero-order valence-electron chi connectivity index (χ0n) is 13.1. The number of phenols is 1. The van der Waals surface area contributed by atoms with Crippen LogP contribution in [0.15, 0.2) is 18.2 Å². The van der Waals surface area contributed by atoms with Crippen molar-refractivity contribution in [2.45, 2.75) is 6.92 Å². The van der Waals surface area contributed by atoms with E-state index in [1.807, 2.05) is 0 Å². The number of hydrogen-bond acceptors (Lipinski definition) is 7. The first-order chi connectivity index (χ1) is 10.9. The number of benzene rings is 2. The van der Waals surface area contributed by atoms with Gasteiger partial charge in [-0.15, -0.1) is 0 Å². The van der Waals surface area contributed by atoms with E-state index in [1.165, 1.54) is 27.2 Å². The van der Waals surface area contributed by atoms with Gasteiger partial charge < -0.3 is 24.1 Å². The summed E-state index contributed by atoms with van der Waals surface area (Å²) in [5.41, 5.74) is -0.251. The molecule has 122 valence electrons. The second-order valence-corrected chi connectivity index (χ2v) is 4.61. The van der Waals surface area contributed by atoms with Crippen LogP contribution < -0.4 is 14.2 Å². The summed E-state index contributed by atoms with van der Waals surface area (Å²) in [6, 6.07) is 4.54. The maximum atomic E-state index is 12.0. The lowest BCUT2D eigenvalue weighted by atomic mass is 10.0. The monoisotopic (exact) mass is 320 g/mol. The van der Waals surface area contributed by atoms with Crippen LogP contribution in [0.25, 0.3) is 10.8 Å². The minimum atomic E-state index is -0.835. The fourth-order valence-corrected chi connectivity index (χ4v) is 2.25. The summed E-state index contributed by atoms with van der Waals surface area (Å²) in [7, 11) is 4.07. The first-order valence-corrected chi connectivity index (χ1v) is 6.61. The minimum absolute atomic E-state index is 0.126. The van der Waals surface area contributed by atoms with Gasteiger partial charge in [0.15, 0.2) is 5.75 Å². The summed E-state index contributed by atoms with van der Waals surface area (Å²) >= 11 is 0. The van der Waals surface area contributed by atoms with Crippen molar-refractivity contribution in [1.29, 1.82) is 0 Å². The third-order valence-electron chi connectivity index (χ3n) is 3.20. The average molecular weight is 320 g/mol. The lowest BCUT2D eigenvalue weighted by Gasteiger charge is -2.16. The summed E-state index contributed by atoms with van der Waals surface area (Å²) in [5.74, 6) is -1.19. The van der Waals surface area contributed by atoms with Gasteiger partial charge in [-0.2, -0.15) is 0 Å². The van der Waals surface area contributed by atoms with Crippen LogP contribution >= 0.6 is 0 Å². The van der Waals surface area contributed by atoms with Crippen LogP contribution in [0.1, 0.15) is 17.3 Å². The minimum Gasteiger partial charge on any atom is -0.507 e. The second kappa shape index (κ2) is 6.43. The van der Waals surface area contributed by atoms with Gasteiger partial charge in [0.1, 0.15) is 22.8 Å². The molecule has 0 atom stereocenters. The molecule has 0 fully saturated rings. The Kier molecular flexibility index (Phi) is 4.59. The number of aromatic hydroxyl groups is 1. The highest BCUT2D eigenvalue weighted by Crippen LogP contribution is 2.43. The number of esters is 2. The van der Waals surface area contributed by atoms with Gasteiger partial charge in [-0.3, -0.25) is 4.79 Å².